The fourth-order valence-electron chi connectivity index (χ4n) is 6.36. The quantitative estimate of drug-likeness (QED) is 0.229. The van der Waals surface area contributed by atoms with Crippen LogP contribution in [0.2, 0.25) is 0 Å². The first-order valence-electron chi connectivity index (χ1n) is 12.4. The molecule has 184 valence electrons. The zero-order chi connectivity index (χ0) is 25.2. The highest BCUT2D eigenvalue weighted by Gasteiger charge is 2.66. The topological polar surface area (TPSA) is 46.6 Å². The van der Waals surface area contributed by atoms with Gasteiger partial charge in [-0.15, -0.1) is 0 Å². The number of alkyl halides is 2. The van der Waals surface area contributed by atoms with Crippen LogP contribution in [0.15, 0.2) is 78.9 Å². The van der Waals surface area contributed by atoms with Gasteiger partial charge in [-0.3, -0.25) is 14.5 Å². The predicted molar refractivity (Wildman–Crippen MR) is 148 cm³/mol. The molecule has 0 aromatic heterocycles. The standard InChI is InChI=1S/C30H27Br2NO3/c1-30(2,17-6-4-3-5-7-17)18-8-12-20(13-9-18)36-21-14-10-19(11-15-21)33-28(34)24-22-16-23(25(24)29(33)35)27(32)26(22)31/h3-15,22-27H,16H2,1-2H3/t22-,23-,24-,25-,26-,27+/m0/s1. The molecule has 2 saturated carbocycles. The van der Waals surface area contributed by atoms with Crippen LogP contribution in [0.5, 0.6) is 11.5 Å². The number of hydrogen-bond donors (Lipinski definition) is 0. The zero-order valence-corrected chi connectivity index (χ0v) is 23.3. The Morgan fingerprint density at radius 2 is 1.19 bits per heavy atom. The number of carbonyl (C=O) groups is 2. The first-order valence-corrected chi connectivity index (χ1v) is 14.2. The average molecular weight is 609 g/mol. The smallest absolute Gasteiger partial charge is 0.238 e. The summed E-state index contributed by atoms with van der Waals surface area (Å²) >= 11 is 7.49. The van der Waals surface area contributed by atoms with Crippen molar-refractivity contribution in [2.45, 2.75) is 35.3 Å². The molecule has 1 aliphatic heterocycles. The maximum atomic E-state index is 13.3. The number of hydrogen-bond acceptors (Lipinski definition) is 3. The molecule has 0 N–H and O–H groups in total. The highest BCUT2D eigenvalue weighted by Crippen LogP contribution is 2.60. The third kappa shape index (κ3) is 3.67. The number of benzene rings is 3. The molecule has 36 heavy (non-hydrogen) atoms. The lowest BCUT2D eigenvalue weighted by Gasteiger charge is -2.28. The van der Waals surface area contributed by atoms with E-state index in [4.69, 9.17) is 4.74 Å². The summed E-state index contributed by atoms with van der Waals surface area (Å²) in [4.78, 5) is 28.4. The maximum Gasteiger partial charge on any atom is 0.238 e. The average Bonchev–Trinajstić information content (AvgIpc) is 3.50. The third-order valence-electron chi connectivity index (χ3n) is 8.39. The van der Waals surface area contributed by atoms with Crippen molar-refractivity contribution < 1.29 is 14.3 Å². The minimum atomic E-state index is -0.213. The molecule has 2 amide bonds. The molecule has 0 unspecified atom stereocenters. The Morgan fingerprint density at radius 1 is 0.722 bits per heavy atom. The van der Waals surface area contributed by atoms with E-state index in [9.17, 15) is 9.59 Å². The number of carbonyl (C=O) groups excluding carboxylic acids is 2. The van der Waals surface area contributed by atoms with E-state index >= 15 is 0 Å². The third-order valence-corrected chi connectivity index (χ3v) is 11.6. The van der Waals surface area contributed by atoms with Crippen molar-refractivity contribution in [3.8, 4) is 11.5 Å². The molecular formula is C30H27Br2NO3. The van der Waals surface area contributed by atoms with Crippen LogP contribution in [0.3, 0.4) is 0 Å². The molecule has 1 heterocycles. The Balaban J connectivity index is 1.17. The van der Waals surface area contributed by atoms with Crippen LogP contribution in [-0.4, -0.2) is 21.5 Å². The highest BCUT2D eigenvalue weighted by atomic mass is 79.9. The van der Waals surface area contributed by atoms with Crippen molar-refractivity contribution in [1.82, 2.24) is 0 Å². The van der Waals surface area contributed by atoms with Crippen LogP contribution in [-0.2, 0) is 15.0 Å². The van der Waals surface area contributed by atoms with Gasteiger partial charge in [-0.1, -0.05) is 88.2 Å². The largest absolute Gasteiger partial charge is 0.457 e. The second-order valence-electron chi connectivity index (χ2n) is 10.6. The van der Waals surface area contributed by atoms with E-state index in [0.717, 1.165) is 12.2 Å². The summed E-state index contributed by atoms with van der Waals surface area (Å²) in [6, 6.07) is 25.9. The summed E-state index contributed by atoms with van der Waals surface area (Å²) in [5.41, 5.74) is 2.97. The minimum absolute atomic E-state index is 0.0633. The van der Waals surface area contributed by atoms with Crippen molar-refractivity contribution in [1.29, 1.82) is 0 Å². The van der Waals surface area contributed by atoms with Crippen molar-refractivity contribution in [2.75, 3.05) is 4.90 Å². The van der Waals surface area contributed by atoms with Crippen LogP contribution in [0.25, 0.3) is 0 Å². The molecule has 4 nitrogen and oxygen atoms in total. The van der Waals surface area contributed by atoms with Crippen molar-refractivity contribution in [3.05, 3.63) is 90.0 Å². The number of nitrogens with zero attached hydrogens (tertiary/aromatic N) is 1. The lowest BCUT2D eigenvalue weighted by atomic mass is 9.78. The van der Waals surface area contributed by atoms with E-state index < -0.39 is 0 Å². The summed E-state index contributed by atoms with van der Waals surface area (Å²) in [5.74, 6) is 1.27. The van der Waals surface area contributed by atoms with Crippen LogP contribution >= 0.6 is 31.9 Å². The van der Waals surface area contributed by atoms with Crippen LogP contribution in [0.1, 0.15) is 31.4 Å². The van der Waals surface area contributed by atoms with Crippen molar-refractivity contribution in [3.63, 3.8) is 0 Å². The molecule has 6 rings (SSSR count). The van der Waals surface area contributed by atoms with Gasteiger partial charge in [0.15, 0.2) is 0 Å². The number of ether oxygens (including phenoxy) is 1. The van der Waals surface area contributed by atoms with E-state index in [-0.39, 0.29) is 50.6 Å². The minimum Gasteiger partial charge on any atom is -0.457 e. The molecule has 1 saturated heterocycles. The van der Waals surface area contributed by atoms with Gasteiger partial charge < -0.3 is 4.74 Å². The Labute approximate surface area is 228 Å². The van der Waals surface area contributed by atoms with E-state index in [1.165, 1.54) is 16.0 Å². The second kappa shape index (κ2) is 8.84. The predicted octanol–water partition coefficient (Wildman–Crippen LogP) is 7.09. The number of amides is 2. The summed E-state index contributed by atoms with van der Waals surface area (Å²) in [5, 5.41) is 0. The van der Waals surface area contributed by atoms with Gasteiger partial charge in [0, 0.05) is 15.1 Å². The van der Waals surface area contributed by atoms with Gasteiger partial charge in [0.05, 0.1) is 17.5 Å². The fraction of sp³-hybridized carbons (Fsp3) is 0.333. The number of imide groups is 1. The molecule has 3 aromatic carbocycles. The van der Waals surface area contributed by atoms with Gasteiger partial charge in [-0.05, 0) is 65.8 Å². The van der Waals surface area contributed by atoms with E-state index in [1.54, 1.807) is 12.1 Å². The van der Waals surface area contributed by atoms with Gasteiger partial charge >= 0.3 is 0 Å². The Bertz CT molecular complexity index is 1270. The summed E-state index contributed by atoms with van der Waals surface area (Å²) in [6.45, 7) is 4.43. The van der Waals surface area contributed by atoms with Crippen LogP contribution in [0.4, 0.5) is 5.69 Å². The van der Waals surface area contributed by atoms with Crippen LogP contribution < -0.4 is 9.64 Å². The first-order chi connectivity index (χ1) is 17.3. The van der Waals surface area contributed by atoms with E-state index in [1.807, 2.05) is 30.3 Å². The Morgan fingerprint density at radius 3 is 1.72 bits per heavy atom. The molecule has 0 radical (unpaired) electrons. The molecule has 2 aliphatic carbocycles. The van der Waals surface area contributed by atoms with Gasteiger partial charge in [-0.2, -0.15) is 0 Å². The molecule has 6 heteroatoms. The summed E-state index contributed by atoms with van der Waals surface area (Å²) < 4.78 is 6.07. The van der Waals surface area contributed by atoms with Crippen molar-refractivity contribution >= 4 is 49.4 Å². The molecule has 3 aromatic rings. The molecule has 0 spiro atoms. The molecule has 6 atom stereocenters. The van der Waals surface area contributed by atoms with Crippen LogP contribution in [0, 0.1) is 23.7 Å². The lowest BCUT2D eigenvalue weighted by Crippen LogP contribution is -2.37. The number of halogens is 2. The fourth-order valence-corrected chi connectivity index (χ4v) is 8.24. The number of rotatable bonds is 5. The van der Waals surface area contributed by atoms with E-state index in [0.29, 0.717) is 11.4 Å². The van der Waals surface area contributed by atoms with E-state index in [2.05, 4.69) is 82.1 Å². The number of fused-ring (bicyclic) bond motifs is 5. The molecular weight excluding hydrogens is 582 g/mol. The second-order valence-corrected chi connectivity index (χ2v) is 12.7. The van der Waals surface area contributed by atoms with Crippen molar-refractivity contribution in [2.24, 2.45) is 23.7 Å². The number of anilines is 1. The first kappa shape index (κ1) is 23.9. The Hall–Kier alpha value is -2.44. The normalized spacial score (nSPS) is 29.1. The molecule has 3 aliphatic rings. The van der Waals surface area contributed by atoms with Gasteiger partial charge in [0.25, 0.3) is 0 Å². The zero-order valence-electron chi connectivity index (χ0n) is 20.1. The van der Waals surface area contributed by atoms with Gasteiger partial charge in [0.1, 0.15) is 11.5 Å². The van der Waals surface area contributed by atoms with Gasteiger partial charge in [0.2, 0.25) is 11.8 Å². The maximum absolute atomic E-state index is 13.3. The Kier molecular flexibility index (Phi) is 5.88. The molecule has 3 fully saturated rings. The van der Waals surface area contributed by atoms with Gasteiger partial charge in [-0.25, -0.2) is 0 Å². The highest BCUT2D eigenvalue weighted by molar-refractivity contribution is 9.12. The summed E-state index contributed by atoms with van der Waals surface area (Å²) in [6.07, 6.45) is 0.931. The lowest BCUT2D eigenvalue weighted by molar-refractivity contribution is -0.123. The monoisotopic (exact) mass is 607 g/mol. The molecule has 2 bridgehead atoms. The SMILES string of the molecule is CC(C)(c1ccccc1)c1ccc(Oc2ccc(N3C(=O)[C@H]4[C@@H]5C[C@H]([C@@H](Br)[C@H]5Br)[C@@H]4C3=O)cc2)cc1. The summed E-state index contributed by atoms with van der Waals surface area (Å²) in [7, 11) is 0.